The average molecular weight is 525 g/mol. The van der Waals surface area contributed by atoms with Crippen LogP contribution >= 0.6 is 0 Å². The molecule has 0 saturated carbocycles. The number of rotatable bonds is 6. The Labute approximate surface area is 217 Å². The van der Waals surface area contributed by atoms with Gasteiger partial charge in [-0.2, -0.15) is 0 Å². The fourth-order valence-electron chi connectivity index (χ4n) is 4.72. The fraction of sp³-hybridized carbons (Fsp3) is 0.321. The van der Waals surface area contributed by atoms with Crippen molar-refractivity contribution in [1.82, 2.24) is 0 Å². The van der Waals surface area contributed by atoms with Gasteiger partial charge in [0.1, 0.15) is 53.0 Å². The summed E-state index contributed by atoms with van der Waals surface area (Å²) in [7, 11) is 3.13. The van der Waals surface area contributed by atoms with Crippen LogP contribution in [0.4, 0.5) is 0 Å². The van der Waals surface area contributed by atoms with E-state index in [4.69, 9.17) is 23.4 Å². The minimum absolute atomic E-state index is 0.179. The summed E-state index contributed by atoms with van der Waals surface area (Å²) in [6, 6.07) is 13.6. The molecule has 10 heteroatoms. The van der Waals surface area contributed by atoms with Crippen molar-refractivity contribution in [1.29, 1.82) is 0 Å². The van der Waals surface area contributed by atoms with Crippen LogP contribution in [0.2, 0.25) is 0 Å². The standard InChI is InChI=1S/C28H28O10/c1-13-19(30)9-8-18-23(16-6-4-14(34-2)10-20(16)35-3)17-7-5-15(11-21(17)37-27(13)18)36-28-26(33)25(32)24(31)22(12-29)38-28/h4-11,22,24-26,28-29,31-33H,12H2,1-3H3/t22-,24+,25+,26-,28-/m1/s1. The van der Waals surface area contributed by atoms with Gasteiger partial charge < -0.3 is 43.8 Å². The number of benzene rings is 3. The molecule has 0 spiro atoms. The van der Waals surface area contributed by atoms with Gasteiger partial charge in [-0.25, -0.2) is 0 Å². The Hall–Kier alpha value is -3.67. The molecule has 0 aromatic heterocycles. The van der Waals surface area contributed by atoms with E-state index in [-0.39, 0.29) is 11.2 Å². The number of aliphatic hydroxyl groups excluding tert-OH is 4. The highest BCUT2D eigenvalue weighted by atomic mass is 16.7. The van der Waals surface area contributed by atoms with Gasteiger partial charge in [-0.05, 0) is 43.3 Å². The molecule has 2 heterocycles. The van der Waals surface area contributed by atoms with Crippen molar-refractivity contribution in [3.05, 3.63) is 64.3 Å². The zero-order valence-electron chi connectivity index (χ0n) is 21.0. The van der Waals surface area contributed by atoms with Crippen LogP contribution in [0, 0.1) is 6.92 Å². The summed E-state index contributed by atoms with van der Waals surface area (Å²) >= 11 is 0. The molecule has 1 aliphatic carbocycles. The molecule has 2 aliphatic heterocycles. The minimum Gasteiger partial charge on any atom is -0.497 e. The van der Waals surface area contributed by atoms with Crippen molar-refractivity contribution in [3.8, 4) is 39.7 Å². The Morgan fingerprint density at radius 2 is 1.61 bits per heavy atom. The maximum atomic E-state index is 12.5. The Kier molecular flexibility index (Phi) is 6.99. The number of fused-ring (bicyclic) bond motifs is 2. The van der Waals surface area contributed by atoms with Crippen LogP contribution in [0.25, 0.3) is 33.4 Å². The summed E-state index contributed by atoms with van der Waals surface area (Å²) in [4.78, 5) is 12.5. The molecule has 0 bridgehead atoms. The quantitative estimate of drug-likeness (QED) is 0.276. The van der Waals surface area contributed by atoms with Crippen molar-refractivity contribution < 1.29 is 43.8 Å². The number of hydrogen-bond acceptors (Lipinski definition) is 10. The van der Waals surface area contributed by atoms with Crippen molar-refractivity contribution in [2.24, 2.45) is 0 Å². The van der Waals surface area contributed by atoms with Crippen LogP contribution < -0.4 is 19.6 Å². The first-order valence-corrected chi connectivity index (χ1v) is 12.0. The Morgan fingerprint density at radius 3 is 2.32 bits per heavy atom. The second kappa shape index (κ2) is 10.2. The second-order valence-corrected chi connectivity index (χ2v) is 9.08. The van der Waals surface area contributed by atoms with Crippen molar-refractivity contribution in [2.75, 3.05) is 20.8 Å². The van der Waals surface area contributed by atoms with Gasteiger partial charge >= 0.3 is 0 Å². The van der Waals surface area contributed by atoms with Gasteiger partial charge in [-0.15, -0.1) is 0 Å². The number of hydrogen-bond donors (Lipinski definition) is 4. The zero-order valence-corrected chi connectivity index (χ0v) is 21.0. The first-order chi connectivity index (χ1) is 18.3. The van der Waals surface area contributed by atoms with E-state index in [0.717, 1.165) is 11.1 Å². The van der Waals surface area contributed by atoms with E-state index in [1.807, 2.05) is 12.1 Å². The van der Waals surface area contributed by atoms with E-state index in [2.05, 4.69) is 0 Å². The molecule has 38 heavy (non-hydrogen) atoms. The molecular formula is C28H28O10. The lowest BCUT2D eigenvalue weighted by molar-refractivity contribution is -0.277. The molecule has 5 rings (SSSR count). The van der Waals surface area contributed by atoms with Crippen LogP contribution in [-0.2, 0) is 4.74 Å². The van der Waals surface area contributed by atoms with E-state index in [1.54, 1.807) is 51.5 Å². The summed E-state index contributed by atoms with van der Waals surface area (Å²) in [5.41, 5.74) is 2.85. The van der Waals surface area contributed by atoms with Gasteiger partial charge in [0, 0.05) is 39.8 Å². The van der Waals surface area contributed by atoms with Gasteiger partial charge in [0.15, 0.2) is 5.43 Å². The average Bonchev–Trinajstić information content (AvgIpc) is 2.94. The SMILES string of the molecule is COc1ccc(-c2c3ccc(=O)c(C)c-3oc3cc(O[C@@H]4O[C@H](CO)[C@H](O)[C@H](O)[C@H]4O)ccc23)c(OC)c1. The van der Waals surface area contributed by atoms with Gasteiger partial charge in [-0.1, -0.05) is 0 Å². The third kappa shape index (κ3) is 4.36. The van der Waals surface area contributed by atoms with E-state index >= 15 is 0 Å². The Balaban J connectivity index is 1.66. The van der Waals surface area contributed by atoms with Gasteiger partial charge in [0.05, 0.1) is 20.8 Å². The molecule has 0 amide bonds. The third-order valence-electron chi connectivity index (χ3n) is 6.84. The smallest absolute Gasteiger partial charge is 0.229 e. The summed E-state index contributed by atoms with van der Waals surface area (Å²) in [5, 5.41) is 40.7. The molecule has 2 aromatic carbocycles. The van der Waals surface area contributed by atoms with E-state index in [9.17, 15) is 25.2 Å². The molecule has 4 N–H and O–H groups in total. The second-order valence-electron chi connectivity index (χ2n) is 9.08. The molecule has 200 valence electrons. The molecule has 3 aliphatic rings. The molecule has 0 radical (unpaired) electrons. The fourth-order valence-corrected chi connectivity index (χ4v) is 4.72. The Bertz CT molecular complexity index is 1490. The van der Waals surface area contributed by atoms with Crippen LogP contribution in [0.5, 0.6) is 17.2 Å². The Morgan fingerprint density at radius 1 is 0.868 bits per heavy atom. The number of aliphatic hydroxyl groups is 4. The van der Waals surface area contributed by atoms with Crippen LogP contribution in [0.1, 0.15) is 5.56 Å². The van der Waals surface area contributed by atoms with E-state index in [1.165, 1.54) is 6.07 Å². The van der Waals surface area contributed by atoms with E-state index < -0.39 is 37.3 Å². The normalized spacial score (nSPS) is 23.5. The number of methoxy groups -OCH3 is 2. The minimum atomic E-state index is -1.58. The highest BCUT2D eigenvalue weighted by molar-refractivity contribution is 6.03. The first-order valence-electron chi connectivity index (χ1n) is 12.0. The molecule has 0 unspecified atom stereocenters. The van der Waals surface area contributed by atoms with Gasteiger partial charge in [0.2, 0.25) is 6.29 Å². The highest BCUT2D eigenvalue weighted by Gasteiger charge is 2.44. The monoisotopic (exact) mass is 524 g/mol. The molecule has 1 saturated heterocycles. The zero-order chi connectivity index (χ0) is 27.1. The molecule has 10 nitrogen and oxygen atoms in total. The lowest BCUT2D eigenvalue weighted by Crippen LogP contribution is -2.60. The van der Waals surface area contributed by atoms with E-state index in [0.29, 0.717) is 39.4 Å². The van der Waals surface area contributed by atoms with Crippen LogP contribution in [0.15, 0.2) is 57.7 Å². The van der Waals surface area contributed by atoms with Crippen molar-refractivity contribution >= 4 is 11.0 Å². The molecule has 5 atom stereocenters. The maximum Gasteiger partial charge on any atom is 0.229 e. The highest BCUT2D eigenvalue weighted by Crippen LogP contribution is 2.45. The van der Waals surface area contributed by atoms with Crippen molar-refractivity contribution in [2.45, 2.75) is 37.6 Å². The lowest BCUT2D eigenvalue weighted by atomic mass is 9.91. The lowest BCUT2D eigenvalue weighted by Gasteiger charge is -2.39. The van der Waals surface area contributed by atoms with Gasteiger partial charge in [-0.3, -0.25) is 4.79 Å². The molecule has 2 aromatic rings. The first kappa shape index (κ1) is 26.0. The largest absolute Gasteiger partial charge is 0.497 e. The van der Waals surface area contributed by atoms with Crippen LogP contribution in [-0.4, -0.2) is 72.0 Å². The molecule has 1 fully saturated rings. The summed E-state index contributed by atoms with van der Waals surface area (Å²) in [6.07, 6.45) is -7.12. The summed E-state index contributed by atoms with van der Waals surface area (Å²) in [6.45, 7) is 1.11. The number of ether oxygens (including phenoxy) is 4. The molecular weight excluding hydrogens is 496 g/mol. The topological polar surface area (TPSA) is 148 Å². The third-order valence-corrected chi connectivity index (χ3v) is 6.84. The van der Waals surface area contributed by atoms with Gasteiger partial charge in [0.25, 0.3) is 0 Å². The van der Waals surface area contributed by atoms with Crippen LogP contribution in [0.3, 0.4) is 0 Å². The van der Waals surface area contributed by atoms with Crippen molar-refractivity contribution in [3.63, 3.8) is 0 Å². The predicted octanol–water partition coefficient (Wildman–Crippen LogP) is 2.07. The predicted molar refractivity (Wildman–Crippen MR) is 137 cm³/mol. The maximum absolute atomic E-state index is 12.5. The summed E-state index contributed by atoms with van der Waals surface area (Å²) < 4.78 is 28.5. The summed E-state index contributed by atoms with van der Waals surface area (Å²) in [5.74, 6) is 1.80.